The van der Waals surface area contributed by atoms with Gasteiger partial charge in [0.1, 0.15) is 5.75 Å². The molecule has 0 amide bonds. The molecule has 6 heteroatoms. The van der Waals surface area contributed by atoms with Gasteiger partial charge in [0.25, 0.3) is 10.2 Å². The van der Waals surface area contributed by atoms with Crippen molar-refractivity contribution < 1.29 is 13.5 Å². The number of rotatable bonds is 4. The highest BCUT2D eigenvalue weighted by Gasteiger charge is 2.20. The second kappa shape index (κ2) is 4.82. The maximum absolute atomic E-state index is 11.7. The van der Waals surface area contributed by atoms with E-state index in [4.69, 9.17) is 5.11 Å². The van der Waals surface area contributed by atoms with E-state index >= 15 is 0 Å². The zero-order chi connectivity index (χ0) is 12.3. The van der Waals surface area contributed by atoms with Crippen LogP contribution in [0.4, 0.5) is 0 Å². The zero-order valence-corrected chi connectivity index (χ0v) is 10.4. The SMILES string of the molecule is CN(C)S(=O)(=O)N(C)Cc1ccc(O)cc1. The van der Waals surface area contributed by atoms with Crippen molar-refractivity contribution in [3.63, 3.8) is 0 Å². The molecular formula is C10H16N2O3S. The van der Waals surface area contributed by atoms with Gasteiger partial charge in [-0.2, -0.15) is 17.0 Å². The second-order valence-corrected chi connectivity index (χ2v) is 5.96. The zero-order valence-electron chi connectivity index (χ0n) is 9.58. The lowest BCUT2D eigenvalue weighted by Gasteiger charge is -2.21. The first kappa shape index (κ1) is 13.0. The van der Waals surface area contributed by atoms with Gasteiger partial charge in [0, 0.05) is 27.7 Å². The van der Waals surface area contributed by atoms with Crippen LogP contribution in [0.2, 0.25) is 0 Å². The summed E-state index contributed by atoms with van der Waals surface area (Å²) in [4.78, 5) is 0. The number of phenolic OH excluding ortho intramolecular Hbond substituents is 1. The Morgan fingerprint density at radius 3 is 2.06 bits per heavy atom. The average molecular weight is 244 g/mol. The van der Waals surface area contributed by atoms with Crippen LogP contribution in [-0.4, -0.2) is 43.3 Å². The minimum atomic E-state index is -3.38. The van der Waals surface area contributed by atoms with Crippen molar-refractivity contribution in [2.24, 2.45) is 0 Å². The van der Waals surface area contributed by atoms with Gasteiger partial charge < -0.3 is 5.11 Å². The van der Waals surface area contributed by atoms with E-state index in [1.165, 1.54) is 37.6 Å². The molecule has 1 N–H and O–H groups in total. The van der Waals surface area contributed by atoms with Crippen LogP contribution in [0.15, 0.2) is 24.3 Å². The van der Waals surface area contributed by atoms with Gasteiger partial charge in [0.05, 0.1) is 0 Å². The van der Waals surface area contributed by atoms with Crippen molar-refractivity contribution in [1.82, 2.24) is 8.61 Å². The summed E-state index contributed by atoms with van der Waals surface area (Å²) in [6, 6.07) is 6.45. The smallest absolute Gasteiger partial charge is 0.281 e. The third kappa shape index (κ3) is 2.94. The Bertz CT molecular complexity index is 440. The fourth-order valence-electron chi connectivity index (χ4n) is 1.22. The molecule has 0 atom stereocenters. The molecule has 1 rings (SSSR count). The van der Waals surface area contributed by atoms with Crippen LogP contribution in [0.25, 0.3) is 0 Å². The average Bonchev–Trinajstić information content (AvgIpc) is 2.21. The van der Waals surface area contributed by atoms with Gasteiger partial charge in [-0.1, -0.05) is 12.1 Å². The second-order valence-electron chi connectivity index (χ2n) is 3.71. The van der Waals surface area contributed by atoms with E-state index < -0.39 is 10.2 Å². The van der Waals surface area contributed by atoms with Gasteiger partial charge in [-0.05, 0) is 17.7 Å². The number of phenols is 1. The van der Waals surface area contributed by atoms with E-state index in [0.29, 0.717) is 0 Å². The largest absolute Gasteiger partial charge is 0.508 e. The molecule has 0 aromatic heterocycles. The lowest BCUT2D eigenvalue weighted by molar-refractivity contribution is 0.414. The summed E-state index contributed by atoms with van der Waals surface area (Å²) in [6.45, 7) is 0.279. The van der Waals surface area contributed by atoms with Crippen molar-refractivity contribution in [2.75, 3.05) is 21.1 Å². The summed E-state index contributed by atoms with van der Waals surface area (Å²) < 4.78 is 25.8. The number of hydrogen-bond acceptors (Lipinski definition) is 3. The highest BCUT2D eigenvalue weighted by molar-refractivity contribution is 7.86. The van der Waals surface area contributed by atoms with Crippen molar-refractivity contribution in [1.29, 1.82) is 0 Å². The molecule has 0 aliphatic heterocycles. The molecule has 16 heavy (non-hydrogen) atoms. The van der Waals surface area contributed by atoms with Crippen LogP contribution in [0.3, 0.4) is 0 Å². The molecular weight excluding hydrogens is 228 g/mol. The Labute approximate surface area is 96.1 Å². The summed E-state index contributed by atoms with van der Waals surface area (Å²) in [5.41, 5.74) is 0.825. The molecule has 0 fully saturated rings. The van der Waals surface area contributed by atoms with Gasteiger partial charge in [-0.3, -0.25) is 0 Å². The first-order chi connectivity index (χ1) is 7.34. The van der Waals surface area contributed by atoms with Crippen molar-refractivity contribution in [3.8, 4) is 5.75 Å². The first-order valence-corrected chi connectivity index (χ1v) is 6.15. The fourth-order valence-corrected chi connectivity index (χ4v) is 2.09. The van der Waals surface area contributed by atoms with Crippen molar-refractivity contribution >= 4 is 10.2 Å². The highest BCUT2D eigenvalue weighted by atomic mass is 32.2. The predicted octanol–water partition coefficient (Wildman–Crippen LogP) is 0.630. The molecule has 5 nitrogen and oxygen atoms in total. The molecule has 0 saturated carbocycles. The Hall–Kier alpha value is -1.11. The molecule has 0 spiro atoms. The first-order valence-electron chi connectivity index (χ1n) is 4.75. The quantitative estimate of drug-likeness (QED) is 0.845. The molecule has 0 radical (unpaired) electrons. The molecule has 1 aromatic rings. The Morgan fingerprint density at radius 2 is 1.62 bits per heavy atom. The lowest BCUT2D eigenvalue weighted by Crippen LogP contribution is -2.36. The molecule has 0 aliphatic carbocycles. The maximum atomic E-state index is 11.7. The van der Waals surface area contributed by atoms with Gasteiger partial charge >= 0.3 is 0 Å². The van der Waals surface area contributed by atoms with Gasteiger partial charge in [0.2, 0.25) is 0 Å². The predicted molar refractivity (Wildman–Crippen MR) is 62.2 cm³/mol. The number of aromatic hydroxyl groups is 1. The summed E-state index contributed by atoms with van der Waals surface area (Å²) in [5, 5.41) is 9.10. The van der Waals surface area contributed by atoms with E-state index in [-0.39, 0.29) is 12.3 Å². The molecule has 90 valence electrons. The van der Waals surface area contributed by atoms with E-state index in [0.717, 1.165) is 9.87 Å². The van der Waals surface area contributed by atoms with Gasteiger partial charge in [0.15, 0.2) is 0 Å². The standard InChI is InChI=1S/C10H16N2O3S/c1-11(2)16(14,15)12(3)8-9-4-6-10(13)7-5-9/h4-7,13H,8H2,1-3H3. The summed E-state index contributed by atoms with van der Waals surface area (Å²) in [6.07, 6.45) is 0. The van der Waals surface area contributed by atoms with Crippen molar-refractivity contribution in [3.05, 3.63) is 29.8 Å². The Morgan fingerprint density at radius 1 is 1.12 bits per heavy atom. The lowest BCUT2D eigenvalue weighted by atomic mass is 10.2. The van der Waals surface area contributed by atoms with Crippen LogP contribution in [-0.2, 0) is 16.8 Å². The summed E-state index contributed by atoms with van der Waals surface area (Å²) in [5.74, 6) is 0.168. The minimum Gasteiger partial charge on any atom is -0.508 e. The third-order valence-corrected chi connectivity index (χ3v) is 4.04. The molecule has 0 unspecified atom stereocenters. The van der Waals surface area contributed by atoms with Crippen LogP contribution in [0, 0.1) is 0 Å². The topological polar surface area (TPSA) is 60.9 Å². The van der Waals surface area contributed by atoms with E-state index in [1.54, 1.807) is 12.1 Å². The highest BCUT2D eigenvalue weighted by Crippen LogP contribution is 2.13. The van der Waals surface area contributed by atoms with E-state index in [1.807, 2.05) is 0 Å². The Balaban J connectivity index is 2.79. The molecule has 0 heterocycles. The molecule has 1 aromatic carbocycles. The van der Waals surface area contributed by atoms with Crippen molar-refractivity contribution in [2.45, 2.75) is 6.54 Å². The van der Waals surface area contributed by atoms with Gasteiger partial charge in [-0.15, -0.1) is 0 Å². The van der Waals surface area contributed by atoms with Crippen LogP contribution in [0.1, 0.15) is 5.56 Å². The van der Waals surface area contributed by atoms with Crippen LogP contribution >= 0.6 is 0 Å². The summed E-state index contributed by atoms with van der Waals surface area (Å²) in [7, 11) is 1.11. The summed E-state index contributed by atoms with van der Waals surface area (Å²) >= 11 is 0. The maximum Gasteiger partial charge on any atom is 0.281 e. The molecule has 0 saturated heterocycles. The number of nitrogens with zero attached hydrogens (tertiary/aromatic N) is 2. The molecule has 0 bridgehead atoms. The Kier molecular flexibility index (Phi) is 3.90. The number of hydrogen-bond donors (Lipinski definition) is 1. The normalized spacial score (nSPS) is 12.3. The van der Waals surface area contributed by atoms with E-state index in [2.05, 4.69) is 0 Å². The van der Waals surface area contributed by atoms with Gasteiger partial charge in [-0.25, -0.2) is 0 Å². The van der Waals surface area contributed by atoms with Crippen LogP contribution < -0.4 is 0 Å². The van der Waals surface area contributed by atoms with Crippen LogP contribution in [0.5, 0.6) is 5.75 Å². The molecule has 0 aliphatic rings. The van der Waals surface area contributed by atoms with E-state index in [9.17, 15) is 8.42 Å². The fraction of sp³-hybridized carbons (Fsp3) is 0.400. The number of benzene rings is 1. The third-order valence-electron chi connectivity index (χ3n) is 2.20. The minimum absolute atomic E-state index is 0.168. The monoisotopic (exact) mass is 244 g/mol.